The predicted octanol–water partition coefficient (Wildman–Crippen LogP) is 2.90. The quantitative estimate of drug-likeness (QED) is 0.768. The zero-order valence-electron chi connectivity index (χ0n) is 8.09. The third-order valence-electron chi connectivity index (χ3n) is 2.14. The van der Waals surface area contributed by atoms with Gasteiger partial charge in [-0.15, -0.1) is 0 Å². The molecule has 3 nitrogen and oxygen atoms in total. The van der Waals surface area contributed by atoms with Crippen molar-refractivity contribution in [3.8, 4) is 0 Å². The Hall–Kier alpha value is -1.01. The minimum absolute atomic E-state index is 0.0586. The molecule has 0 aliphatic carbocycles. The van der Waals surface area contributed by atoms with Gasteiger partial charge in [0.1, 0.15) is 0 Å². The number of aromatic nitrogens is 1. The van der Waals surface area contributed by atoms with Gasteiger partial charge in [-0.25, -0.2) is 10.0 Å². The summed E-state index contributed by atoms with van der Waals surface area (Å²) >= 11 is 5.73. The number of rotatable bonds is 1. The Morgan fingerprint density at radius 2 is 2.19 bits per heavy atom. The average Bonchev–Trinajstić information content (AvgIpc) is 2.69. The van der Waals surface area contributed by atoms with Crippen molar-refractivity contribution < 1.29 is 18.0 Å². The lowest BCUT2D eigenvalue weighted by atomic mass is 10.3. The third kappa shape index (κ3) is 2.22. The van der Waals surface area contributed by atoms with Gasteiger partial charge >= 0.3 is 6.18 Å². The van der Waals surface area contributed by atoms with Gasteiger partial charge < -0.3 is 0 Å². The fourth-order valence-corrected chi connectivity index (χ4v) is 1.64. The summed E-state index contributed by atoms with van der Waals surface area (Å²) in [6, 6.07) is 0.853. The fourth-order valence-electron chi connectivity index (χ4n) is 1.38. The average molecular weight is 253 g/mol. The molecule has 0 atom stereocenters. The summed E-state index contributed by atoms with van der Waals surface area (Å²) in [5.74, 6) is 0.229. The number of halogens is 4. The minimum atomic E-state index is -4.43. The highest BCUT2D eigenvalue weighted by molar-refractivity contribution is 6.33. The SMILES string of the molecule is FC(F)(F)c1cnc(N2CCCO2)c(Cl)c1. The molecular weight excluding hydrogens is 245 g/mol. The Kier molecular flexibility index (Phi) is 2.94. The van der Waals surface area contributed by atoms with Crippen molar-refractivity contribution in [2.24, 2.45) is 0 Å². The normalized spacial score (nSPS) is 16.9. The van der Waals surface area contributed by atoms with Crippen molar-refractivity contribution in [2.45, 2.75) is 12.6 Å². The molecule has 2 heterocycles. The van der Waals surface area contributed by atoms with Gasteiger partial charge in [0, 0.05) is 12.7 Å². The third-order valence-corrected chi connectivity index (χ3v) is 2.42. The van der Waals surface area contributed by atoms with Crippen LogP contribution in [0.25, 0.3) is 0 Å². The largest absolute Gasteiger partial charge is 0.417 e. The minimum Gasteiger partial charge on any atom is -0.272 e. The van der Waals surface area contributed by atoms with E-state index in [-0.39, 0.29) is 10.8 Å². The Morgan fingerprint density at radius 3 is 2.69 bits per heavy atom. The maximum Gasteiger partial charge on any atom is 0.417 e. The van der Waals surface area contributed by atoms with E-state index in [9.17, 15) is 13.2 Å². The number of pyridine rings is 1. The van der Waals surface area contributed by atoms with E-state index in [2.05, 4.69) is 4.98 Å². The molecule has 1 aliphatic heterocycles. The van der Waals surface area contributed by atoms with Crippen LogP contribution in [-0.4, -0.2) is 18.1 Å². The highest BCUT2D eigenvalue weighted by Gasteiger charge is 2.32. The van der Waals surface area contributed by atoms with E-state index in [0.29, 0.717) is 13.2 Å². The van der Waals surface area contributed by atoms with E-state index in [0.717, 1.165) is 18.7 Å². The molecule has 0 aromatic carbocycles. The van der Waals surface area contributed by atoms with Crippen molar-refractivity contribution in [1.29, 1.82) is 0 Å². The molecule has 0 amide bonds. The summed E-state index contributed by atoms with van der Waals surface area (Å²) in [5.41, 5.74) is -0.861. The molecule has 16 heavy (non-hydrogen) atoms. The number of alkyl halides is 3. The topological polar surface area (TPSA) is 25.4 Å². The van der Waals surface area contributed by atoms with Crippen LogP contribution in [0.4, 0.5) is 19.0 Å². The van der Waals surface area contributed by atoms with Crippen LogP contribution in [0.3, 0.4) is 0 Å². The molecule has 1 fully saturated rings. The van der Waals surface area contributed by atoms with Crippen LogP contribution in [0.1, 0.15) is 12.0 Å². The second-order valence-corrected chi connectivity index (χ2v) is 3.72. The number of anilines is 1. The van der Waals surface area contributed by atoms with Crippen molar-refractivity contribution in [1.82, 2.24) is 4.98 Å². The van der Waals surface area contributed by atoms with E-state index in [4.69, 9.17) is 16.4 Å². The van der Waals surface area contributed by atoms with E-state index in [1.54, 1.807) is 0 Å². The maximum absolute atomic E-state index is 12.3. The maximum atomic E-state index is 12.3. The van der Waals surface area contributed by atoms with Gasteiger partial charge in [0.2, 0.25) is 0 Å². The molecule has 1 saturated heterocycles. The first-order valence-corrected chi connectivity index (χ1v) is 4.99. The van der Waals surface area contributed by atoms with Gasteiger partial charge in [0.05, 0.1) is 17.2 Å². The molecule has 2 rings (SSSR count). The summed E-state index contributed by atoms with van der Waals surface area (Å²) in [5, 5.41) is 1.35. The second-order valence-electron chi connectivity index (χ2n) is 3.32. The van der Waals surface area contributed by atoms with Crippen molar-refractivity contribution in [3.63, 3.8) is 0 Å². The van der Waals surface area contributed by atoms with Crippen LogP contribution in [0.5, 0.6) is 0 Å². The highest BCUT2D eigenvalue weighted by atomic mass is 35.5. The molecule has 0 spiro atoms. The molecular formula is C9H8ClF3N2O. The van der Waals surface area contributed by atoms with Gasteiger partial charge in [-0.3, -0.25) is 4.84 Å². The number of nitrogens with zero attached hydrogens (tertiary/aromatic N) is 2. The number of hydrogen-bond acceptors (Lipinski definition) is 3. The molecule has 88 valence electrons. The van der Waals surface area contributed by atoms with Crippen molar-refractivity contribution >= 4 is 17.4 Å². The van der Waals surface area contributed by atoms with Gasteiger partial charge in [0.15, 0.2) is 5.82 Å². The van der Waals surface area contributed by atoms with Gasteiger partial charge in [-0.05, 0) is 12.5 Å². The van der Waals surface area contributed by atoms with Crippen LogP contribution in [0, 0.1) is 0 Å². The van der Waals surface area contributed by atoms with Crippen LogP contribution < -0.4 is 5.06 Å². The van der Waals surface area contributed by atoms with Crippen LogP contribution in [-0.2, 0) is 11.0 Å². The van der Waals surface area contributed by atoms with Crippen molar-refractivity contribution in [2.75, 3.05) is 18.2 Å². The second kappa shape index (κ2) is 4.10. The Balaban J connectivity index is 2.29. The van der Waals surface area contributed by atoms with Crippen molar-refractivity contribution in [3.05, 3.63) is 22.8 Å². The van der Waals surface area contributed by atoms with Gasteiger partial charge in [-0.2, -0.15) is 13.2 Å². The van der Waals surface area contributed by atoms with Gasteiger partial charge in [-0.1, -0.05) is 11.6 Å². The summed E-state index contributed by atoms with van der Waals surface area (Å²) in [6.07, 6.45) is -2.87. The van der Waals surface area contributed by atoms with Crippen LogP contribution in [0.2, 0.25) is 5.02 Å². The zero-order chi connectivity index (χ0) is 11.8. The monoisotopic (exact) mass is 252 g/mol. The Morgan fingerprint density at radius 1 is 1.44 bits per heavy atom. The molecule has 0 N–H and O–H groups in total. The Bertz CT molecular complexity index is 391. The smallest absolute Gasteiger partial charge is 0.272 e. The lowest BCUT2D eigenvalue weighted by Crippen LogP contribution is -2.18. The summed E-state index contributed by atoms with van der Waals surface area (Å²) < 4.78 is 37.0. The van der Waals surface area contributed by atoms with E-state index in [1.165, 1.54) is 5.06 Å². The molecule has 0 saturated carbocycles. The summed E-state index contributed by atoms with van der Waals surface area (Å²) in [7, 11) is 0. The first kappa shape index (κ1) is 11.5. The lowest BCUT2D eigenvalue weighted by Gasteiger charge is -2.17. The molecule has 1 aromatic heterocycles. The molecule has 0 bridgehead atoms. The van der Waals surface area contributed by atoms with Crippen LogP contribution in [0.15, 0.2) is 12.3 Å². The zero-order valence-corrected chi connectivity index (χ0v) is 8.85. The summed E-state index contributed by atoms with van der Waals surface area (Å²) in [4.78, 5) is 8.83. The predicted molar refractivity (Wildman–Crippen MR) is 52.2 cm³/mol. The fraction of sp³-hybridized carbons (Fsp3) is 0.444. The molecule has 0 radical (unpaired) electrons. The summed E-state index contributed by atoms with van der Waals surface area (Å²) in [6.45, 7) is 1.11. The number of hydrogen-bond donors (Lipinski definition) is 0. The highest BCUT2D eigenvalue weighted by Crippen LogP contribution is 2.34. The molecule has 7 heteroatoms. The van der Waals surface area contributed by atoms with E-state index >= 15 is 0 Å². The lowest BCUT2D eigenvalue weighted by molar-refractivity contribution is -0.137. The van der Waals surface area contributed by atoms with E-state index in [1.807, 2.05) is 0 Å². The molecule has 0 unspecified atom stereocenters. The standard InChI is InChI=1S/C9H8ClF3N2O/c10-7-4-6(9(11,12)13)5-14-8(7)15-2-1-3-16-15/h4-5H,1-3H2. The molecule has 1 aromatic rings. The van der Waals surface area contributed by atoms with Gasteiger partial charge in [0.25, 0.3) is 0 Å². The van der Waals surface area contributed by atoms with E-state index < -0.39 is 11.7 Å². The van der Waals surface area contributed by atoms with Crippen LogP contribution >= 0.6 is 11.6 Å². The molecule has 1 aliphatic rings. The number of hydroxylamine groups is 1. The first-order valence-electron chi connectivity index (χ1n) is 4.61. The first-order chi connectivity index (χ1) is 7.48. The Labute approximate surface area is 94.7 Å².